The standard InChI is InChI=1S/C11H18N2O4S/c12-10-2-4-11(5-3-10)18(15,16)13-6-1-8-17-9-7-14/h2-5,13-14H,1,6-9,12H2. The highest BCUT2D eigenvalue weighted by Crippen LogP contribution is 2.11. The number of rotatable bonds is 8. The van der Waals surface area contributed by atoms with Crippen molar-refractivity contribution in [3.63, 3.8) is 0 Å². The zero-order chi connectivity index (χ0) is 13.4. The van der Waals surface area contributed by atoms with Crippen molar-refractivity contribution in [2.45, 2.75) is 11.3 Å². The van der Waals surface area contributed by atoms with E-state index in [1.165, 1.54) is 12.1 Å². The van der Waals surface area contributed by atoms with Crippen molar-refractivity contribution in [2.75, 3.05) is 32.1 Å². The molecule has 0 unspecified atom stereocenters. The van der Waals surface area contributed by atoms with Gasteiger partial charge in [-0.2, -0.15) is 0 Å². The van der Waals surface area contributed by atoms with Gasteiger partial charge in [-0.05, 0) is 30.7 Å². The van der Waals surface area contributed by atoms with Crippen molar-refractivity contribution in [1.29, 1.82) is 0 Å². The van der Waals surface area contributed by atoms with E-state index in [4.69, 9.17) is 15.6 Å². The predicted octanol–water partition coefficient (Wildman–Crippen LogP) is -0.0539. The van der Waals surface area contributed by atoms with Gasteiger partial charge in [-0.25, -0.2) is 13.1 Å². The Bertz CT molecular complexity index is 445. The molecular weight excluding hydrogens is 256 g/mol. The molecule has 0 amide bonds. The highest BCUT2D eigenvalue weighted by Gasteiger charge is 2.12. The first-order valence-electron chi connectivity index (χ1n) is 5.60. The fourth-order valence-corrected chi connectivity index (χ4v) is 2.35. The molecule has 0 radical (unpaired) electrons. The Kier molecular flexibility index (Phi) is 6.06. The minimum Gasteiger partial charge on any atom is -0.399 e. The zero-order valence-corrected chi connectivity index (χ0v) is 10.8. The van der Waals surface area contributed by atoms with Crippen LogP contribution in [0.25, 0.3) is 0 Å². The molecule has 0 fully saturated rings. The third-order valence-corrected chi connectivity index (χ3v) is 3.66. The predicted molar refractivity (Wildman–Crippen MR) is 68.6 cm³/mol. The van der Waals surface area contributed by atoms with E-state index in [1.807, 2.05) is 0 Å². The molecule has 0 spiro atoms. The third-order valence-electron chi connectivity index (χ3n) is 2.18. The number of hydrogen-bond acceptors (Lipinski definition) is 5. The van der Waals surface area contributed by atoms with E-state index < -0.39 is 10.0 Å². The highest BCUT2D eigenvalue weighted by molar-refractivity contribution is 7.89. The number of aliphatic hydroxyl groups is 1. The molecule has 1 aromatic carbocycles. The van der Waals surface area contributed by atoms with Gasteiger partial charge in [0.15, 0.2) is 0 Å². The molecule has 102 valence electrons. The number of nitrogen functional groups attached to an aromatic ring is 1. The summed E-state index contributed by atoms with van der Waals surface area (Å²) in [5, 5.41) is 8.48. The Hall–Kier alpha value is -1.15. The molecule has 0 aromatic heterocycles. The van der Waals surface area contributed by atoms with Gasteiger partial charge in [0.25, 0.3) is 0 Å². The van der Waals surface area contributed by atoms with Crippen molar-refractivity contribution in [3.8, 4) is 0 Å². The van der Waals surface area contributed by atoms with Gasteiger partial charge in [-0.1, -0.05) is 0 Å². The molecule has 0 aliphatic carbocycles. The smallest absolute Gasteiger partial charge is 0.240 e. The quantitative estimate of drug-likeness (QED) is 0.455. The van der Waals surface area contributed by atoms with Crippen molar-refractivity contribution in [2.24, 2.45) is 0 Å². The van der Waals surface area contributed by atoms with E-state index in [0.29, 0.717) is 18.7 Å². The number of anilines is 1. The molecule has 0 aliphatic heterocycles. The maximum Gasteiger partial charge on any atom is 0.240 e. The van der Waals surface area contributed by atoms with Crippen molar-refractivity contribution < 1.29 is 18.3 Å². The summed E-state index contributed by atoms with van der Waals surface area (Å²) < 4.78 is 31.1. The summed E-state index contributed by atoms with van der Waals surface area (Å²) in [6, 6.07) is 6.00. The molecule has 1 aromatic rings. The van der Waals surface area contributed by atoms with Gasteiger partial charge in [0.1, 0.15) is 0 Å². The van der Waals surface area contributed by atoms with Gasteiger partial charge >= 0.3 is 0 Å². The molecule has 6 nitrogen and oxygen atoms in total. The Labute approximate surface area is 107 Å². The summed E-state index contributed by atoms with van der Waals surface area (Å²) in [5.41, 5.74) is 6.01. The minimum absolute atomic E-state index is 0.0306. The lowest BCUT2D eigenvalue weighted by Crippen LogP contribution is -2.25. The highest BCUT2D eigenvalue weighted by atomic mass is 32.2. The first-order valence-corrected chi connectivity index (χ1v) is 7.08. The maximum absolute atomic E-state index is 11.8. The second-order valence-corrected chi connectivity index (χ2v) is 5.42. The monoisotopic (exact) mass is 274 g/mol. The van der Waals surface area contributed by atoms with Crippen LogP contribution in [-0.4, -0.2) is 39.9 Å². The van der Waals surface area contributed by atoms with Crippen LogP contribution in [0.5, 0.6) is 0 Å². The van der Waals surface area contributed by atoms with Crippen LogP contribution in [-0.2, 0) is 14.8 Å². The average molecular weight is 274 g/mol. The summed E-state index contributed by atoms with van der Waals surface area (Å²) in [7, 11) is -3.48. The van der Waals surface area contributed by atoms with E-state index in [2.05, 4.69) is 4.72 Å². The molecule has 18 heavy (non-hydrogen) atoms. The molecular formula is C11H18N2O4S. The fourth-order valence-electron chi connectivity index (χ4n) is 1.28. The van der Waals surface area contributed by atoms with Gasteiger partial charge in [0.05, 0.1) is 18.1 Å². The molecule has 0 saturated carbocycles. The number of sulfonamides is 1. The number of nitrogens with two attached hydrogens (primary N) is 1. The van der Waals surface area contributed by atoms with E-state index in [0.717, 1.165) is 0 Å². The van der Waals surface area contributed by atoms with Crippen LogP contribution >= 0.6 is 0 Å². The van der Waals surface area contributed by atoms with Crippen LogP contribution in [0.2, 0.25) is 0 Å². The lowest BCUT2D eigenvalue weighted by atomic mass is 10.3. The topological polar surface area (TPSA) is 102 Å². The summed E-state index contributed by atoms with van der Waals surface area (Å²) in [4.78, 5) is 0.188. The maximum atomic E-state index is 11.8. The van der Waals surface area contributed by atoms with Crippen LogP contribution in [0.1, 0.15) is 6.42 Å². The summed E-state index contributed by atoms with van der Waals surface area (Å²) in [6.45, 7) is 0.935. The Morgan fingerprint density at radius 3 is 2.50 bits per heavy atom. The molecule has 0 aliphatic rings. The van der Waals surface area contributed by atoms with Gasteiger partial charge in [-0.15, -0.1) is 0 Å². The summed E-state index contributed by atoms with van der Waals surface area (Å²) in [6.07, 6.45) is 0.550. The van der Waals surface area contributed by atoms with E-state index >= 15 is 0 Å². The van der Waals surface area contributed by atoms with Crippen LogP contribution in [0.15, 0.2) is 29.2 Å². The number of ether oxygens (including phenoxy) is 1. The Balaban J connectivity index is 2.38. The van der Waals surface area contributed by atoms with Crippen LogP contribution in [0, 0.1) is 0 Å². The van der Waals surface area contributed by atoms with Gasteiger partial charge < -0.3 is 15.6 Å². The fraction of sp³-hybridized carbons (Fsp3) is 0.455. The lowest BCUT2D eigenvalue weighted by Gasteiger charge is -2.07. The SMILES string of the molecule is Nc1ccc(S(=O)(=O)NCCCOCCO)cc1. The van der Waals surface area contributed by atoms with E-state index in [9.17, 15) is 8.42 Å². The minimum atomic E-state index is -3.48. The Morgan fingerprint density at radius 2 is 1.89 bits per heavy atom. The third kappa shape index (κ3) is 5.01. The van der Waals surface area contributed by atoms with E-state index in [1.54, 1.807) is 12.1 Å². The molecule has 7 heteroatoms. The number of benzene rings is 1. The number of nitrogens with one attached hydrogen (secondary N) is 1. The first-order chi connectivity index (χ1) is 8.56. The van der Waals surface area contributed by atoms with Crippen molar-refractivity contribution >= 4 is 15.7 Å². The molecule has 0 bridgehead atoms. The number of hydrogen-bond donors (Lipinski definition) is 3. The zero-order valence-electron chi connectivity index (χ0n) is 10.0. The van der Waals surface area contributed by atoms with Gasteiger partial charge in [-0.3, -0.25) is 0 Å². The average Bonchev–Trinajstić information content (AvgIpc) is 2.34. The summed E-state index contributed by atoms with van der Waals surface area (Å²) in [5.74, 6) is 0. The number of aliphatic hydroxyl groups excluding tert-OH is 1. The van der Waals surface area contributed by atoms with Gasteiger partial charge in [0, 0.05) is 18.8 Å². The molecule has 4 N–H and O–H groups in total. The second-order valence-electron chi connectivity index (χ2n) is 3.66. The van der Waals surface area contributed by atoms with Gasteiger partial charge in [0.2, 0.25) is 10.0 Å². The lowest BCUT2D eigenvalue weighted by molar-refractivity contribution is 0.0913. The second kappa shape index (κ2) is 7.32. The molecule has 0 atom stereocenters. The molecule has 0 saturated heterocycles. The van der Waals surface area contributed by atoms with Crippen LogP contribution < -0.4 is 10.5 Å². The normalized spacial score (nSPS) is 11.6. The van der Waals surface area contributed by atoms with Crippen LogP contribution in [0.3, 0.4) is 0 Å². The van der Waals surface area contributed by atoms with Crippen LogP contribution in [0.4, 0.5) is 5.69 Å². The largest absolute Gasteiger partial charge is 0.399 e. The van der Waals surface area contributed by atoms with Crippen molar-refractivity contribution in [1.82, 2.24) is 4.72 Å². The Morgan fingerprint density at radius 1 is 1.22 bits per heavy atom. The molecule has 1 rings (SSSR count). The first kappa shape index (κ1) is 14.9. The van der Waals surface area contributed by atoms with E-state index in [-0.39, 0.29) is 24.7 Å². The summed E-state index contributed by atoms with van der Waals surface area (Å²) >= 11 is 0. The molecule has 0 heterocycles. The van der Waals surface area contributed by atoms with Crippen molar-refractivity contribution in [3.05, 3.63) is 24.3 Å².